The highest BCUT2D eigenvalue weighted by Crippen LogP contribution is 2.54. The van der Waals surface area contributed by atoms with E-state index in [1.54, 1.807) is 0 Å². The first kappa shape index (κ1) is 47.7. The molecule has 68 heavy (non-hydrogen) atoms. The van der Waals surface area contributed by atoms with E-state index < -0.39 is 0 Å². The molecular formula is C66H80N2. The van der Waals surface area contributed by atoms with Crippen LogP contribution in [0.5, 0.6) is 0 Å². The Morgan fingerprint density at radius 2 is 0.662 bits per heavy atom. The molecule has 0 bridgehead atoms. The third kappa shape index (κ3) is 9.26. The van der Waals surface area contributed by atoms with Crippen LogP contribution in [0.25, 0.3) is 21.5 Å². The second kappa shape index (κ2) is 18.5. The molecule has 2 heteroatoms. The summed E-state index contributed by atoms with van der Waals surface area (Å²) in [7, 11) is 0. The van der Waals surface area contributed by atoms with E-state index in [1.807, 2.05) is 0 Å². The van der Waals surface area contributed by atoms with Gasteiger partial charge < -0.3 is 9.80 Å². The number of hydrogen-bond acceptors (Lipinski definition) is 2. The monoisotopic (exact) mass is 901 g/mol. The minimum absolute atomic E-state index is 0.0429. The maximum absolute atomic E-state index is 2.64. The lowest BCUT2D eigenvalue weighted by Crippen LogP contribution is -2.25. The first-order valence-electron chi connectivity index (χ1n) is 26.4. The summed E-state index contributed by atoms with van der Waals surface area (Å²) in [6.07, 6.45) is 12.7. The van der Waals surface area contributed by atoms with Crippen molar-refractivity contribution in [1.82, 2.24) is 0 Å². The number of benzene rings is 7. The van der Waals surface area contributed by atoms with Crippen LogP contribution in [0.1, 0.15) is 193 Å². The molecule has 2 nitrogen and oxygen atoms in total. The molecule has 0 spiro atoms. The zero-order valence-corrected chi connectivity index (χ0v) is 43.8. The van der Waals surface area contributed by atoms with Crippen LogP contribution in [0.4, 0.5) is 34.1 Å². The van der Waals surface area contributed by atoms with Gasteiger partial charge in [0.05, 0.1) is 11.4 Å². The Kier molecular flexibility index (Phi) is 13.0. The van der Waals surface area contributed by atoms with Gasteiger partial charge in [-0.25, -0.2) is 0 Å². The molecule has 0 atom stereocenters. The largest absolute Gasteiger partial charge is 0.309 e. The highest BCUT2D eigenvalue weighted by Gasteiger charge is 2.34. The van der Waals surface area contributed by atoms with Gasteiger partial charge in [-0.1, -0.05) is 194 Å². The van der Waals surface area contributed by atoms with Crippen molar-refractivity contribution in [3.63, 3.8) is 0 Å². The molecule has 0 heterocycles. The van der Waals surface area contributed by atoms with Crippen LogP contribution in [0.2, 0.25) is 0 Å². The maximum atomic E-state index is 2.64. The van der Waals surface area contributed by atoms with Gasteiger partial charge in [0, 0.05) is 44.3 Å². The molecule has 2 saturated carbocycles. The summed E-state index contributed by atoms with van der Waals surface area (Å²) in [6, 6.07) is 53.3. The Morgan fingerprint density at radius 1 is 0.368 bits per heavy atom. The van der Waals surface area contributed by atoms with Crippen molar-refractivity contribution in [2.75, 3.05) is 9.80 Å². The van der Waals surface area contributed by atoms with Crippen molar-refractivity contribution in [2.24, 2.45) is 0 Å². The lowest BCUT2D eigenvalue weighted by Gasteiger charge is -2.37. The number of rotatable bonds is 10. The van der Waals surface area contributed by atoms with Gasteiger partial charge in [-0.3, -0.25) is 0 Å². The molecule has 0 N–H and O–H groups in total. The van der Waals surface area contributed by atoms with Crippen LogP contribution >= 0.6 is 0 Å². The fraction of sp³-hybridized carbons (Fsp3) is 0.424. The quantitative estimate of drug-likeness (QED) is 0.0997. The van der Waals surface area contributed by atoms with E-state index in [0.29, 0.717) is 11.8 Å². The van der Waals surface area contributed by atoms with Gasteiger partial charge in [-0.05, 0) is 153 Å². The van der Waals surface area contributed by atoms with E-state index in [0.717, 1.165) is 0 Å². The molecule has 0 saturated heterocycles. The number of fused-ring (bicyclic) bond motifs is 2. The van der Waals surface area contributed by atoms with E-state index in [1.165, 1.54) is 153 Å². The molecule has 2 aliphatic carbocycles. The lowest BCUT2D eigenvalue weighted by molar-refractivity contribution is 0.320. The third-order valence-corrected chi connectivity index (χ3v) is 16.4. The van der Waals surface area contributed by atoms with Crippen molar-refractivity contribution >= 4 is 55.7 Å². The summed E-state index contributed by atoms with van der Waals surface area (Å²) in [5.41, 5.74) is 15.9. The highest BCUT2D eigenvalue weighted by molar-refractivity contribution is 6.23. The molecule has 2 aliphatic rings. The van der Waals surface area contributed by atoms with Gasteiger partial charge in [-0.2, -0.15) is 0 Å². The summed E-state index contributed by atoms with van der Waals surface area (Å²) < 4.78 is 0. The summed E-state index contributed by atoms with van der Waals surface area (Å²) in [5, 5.41) is 5.17. The van der Waals surface area contributed by atoms with Crippen LogP contribution < -0.4 is 9.80 Å². The molecule has 7 aromatic rings. The molecule has 354 valence electrons. The Labute approximate surface area is 411 Å². The summed E-state index contributed by atoms with van der Waals surface area (Å²) in [4.78, 5) is 5.22. The summed E-state index contributed by atoms with van der Waals surface area (Å²) in [6.45, 7) is 28.2. The van der Waals surface area contributed by atoms with E-state index in [9.17, 15) is 0 Å². The van der Waals surface area contributed by atoms with Gasteiger partial charge in [0.1, 0.15) is 0 Å². The molecule has 0 radical (unpaired) electrons. The van der Waals surface area contributed by atoms with Crippen LogP contribution in [-0.4, -0.2) is 0 Å². The minimum Gasteiger partial charge on any atom is -0.309 e. The van der Waals surface area contributed by atoms with Crippen molar-refractivity contribution in [3.05, 3.63) is 167 Å². The molecule has 0 unspecified atom stereocenters. The van der Waals surface area contributed by atoms with Crippen molar-refractivity contribution < 1.29 is 0 Å². The van der Waals surface area contributed by atoms with Crippen LogP contribution in [0, 0.1) is 0 Å². The Morgan fingerprint density at radius 3 is 0.941 bits per heavy atom. The lowest BCUT2D eigenvalue weighted by atomic mass is 9.70. The molecule has 2 fully saturated rings. The highest BCUT2D eigenvalue weighted by atomic mass is 15.2. The number of nitrogens with zero attached hydrogens (tertiary/aromatic N) is 2. The van der Waals surface area contributed by atoms with Crippen molar-refractivity contribution in [3.8, 4) is 0 Å². The molecular weight excluding hydrogens is 821 g/mol. The molecule has 7 aromatic carbocycles. The zero-order chi connectivity index (χ0) is 48.2. The summed E-state index contributed by atoms with van der Waals surface area (Å²) >= 11 is 0. The van der Waals surface area contributed by atoms with Gasteiger partial charge in [-0.15, -0.1) is 0 Å². The van der Waals surface area contributed by atoms with Crippen LogP contribution in [0.3, 0.4) is 0 Å². The Balaban J connectivity index is 1.44. The van der Waals surface area contributed by atoms with Crippen LogP contribution in [-0.2, 0) is 21.7 Å². The second-order valence-electron chi connectivity index (χ2n) is 24.2. The number of hydrogen-bond donors (Lipinski definition) is 0. The van der Waals surface area contributed by atoms with E-state index >= 15 is 0 Å². The Bertz CT molecular complexity index is 2650. The topological polar surface area (TPSA) is 6.48 Å². The van der Waals surface area contributed by atoms with Gasteiger partial charge >= 0.3 is 0 Å². The molecule has 0 aromatic heterocycles. The zero-order valence-electron chi connectivity index (χ0n) is 43.8. The average molecular weight is 901 g/mol. The number of anilines is 6. The Hall–Kier alpha value is -5.34. The van der Waals surface area contributed by atoms with Gasteiger partial charge in [0.2, 0.25) is 0 Å². The second-order valence-corrected chi connectivity index (χ2v) is 24.2. The SMILES string of the molecule is CC(C)c1ccc(N(c2ccc(C(C)(C)C)cc2)c2c3ccc(C4(C)CCCCC4)cc3c(N(c3ccc(C(C)C)cc3)c3ccc(C(C)(C)C)cc3)c3ccc(C4(C)CCCCC4)cc23)cc1. The first-order valence-corrected chi connectivity index (χ1v) is 26.4. The fourth-order valence-corrected chi connectivity index (χ4v) is 11.7. The van der Waals surface area contributed by atoms with Crippen molar-refractivity contribution in [1.29, 1.82) is 0 Å². The molecule has 0 amide bonds. The average Bonchev–Trinajstić information content (AvgIpc) is 3.32. The van der Waals surface area contributed by atoms with E-state index in [-0.39, 0.29) is 21.7 Å². The fourth-order valence-electron chi connectivity index (χ4n) is 11.7. The molecule has 0 aliphatic heterocycles. The van der Waals surface area contributed by atoms with Gasteiger partial charge in [0.25, 0.3) is 0 Å². The van der Waals surface area contributed by atoms with E-state index in [4.69, 9.17) is 0 Å². The predicted octanol–water partition coefficient (Wildman–Crippen LogP) is 20.2. The van der Waals surface area contributed by atoms with Crippen molar-refractivity contribution in [2.45, 2.75) is 181 Å². The first-order chi connectivity index (χ1) is 32.3. The maximum Gasteiger partial charge on any atom is 0.0620 e. The summed E-state index contributed by atoms with van der Waals surface area (Å²) in [5.74, 6) is 0.891. The normalized spacial score (nSPS) is 16.4. The minimum atomic E-state index is 0.0429. The predicted molar refractivity (Wildman–Crippen MR) is 297 cm³/mol. The smallest absolute Gasteiger partial charge is 0.0620 e. The molecule has 9 rings (SSSR count). The van der Waals surface area contributed by atoms with E-state index in [2.05, 4.69) is 226 Å². The standard InChI is InChI=1S/C66H80N2/c1-45(2)47-19-29-53(30-20-47)67(55-33-23-49(24-34-55)63(5,6)7)61-57-37-27-52(66(12)41-17-14-18-42-66)44-60(57)62(58-38-28-51(43-59(58)61)65(11)39-15-13-16-40-65)68(54-31-21-48(22-32-54)46(3)4)56-35-25-50(26-36-56)64(8,9)10/h19-38,43-46H,13-18,39-42H2,1-12H3. The third-order valence-electron chi connectivity index (χ3n) is 16.4. The van der Waals surface area contributed by atoms with Crippen LogP contribution in [0.15, 0.2) is 133 Å². The van der Waals surface area contributed by atoms with Gasteiger partial charge in [0.15, 0.2) is 0 Å².